The number of allylic oxidation sites excluding steroid dienone is 4. The quantitative estimate of drug-likeness (QED) is 0.239. The van der Waals surface area contributed by atoms with Gasteiger partial charge in [-0.15, -0.1) is 0 Å². The van der Waals surface area contributed by atoms with Crippen LogP contribution in [0.2, 0.25) is 0 Å². The number of phenols is 3. The minimum atomic E-state index is -0.503. The van der Waals surface area contributed by atoms with Crippen LogP contribution in [-0.4, -0.2) is 35.3 Å². The Morgan fingerprint density at radius 1 is 1.06 bits per heavy atom. The number of ether oxygens (including phenoxy) is 2. The van der Waals surface area contributed by atoms with Gasteiger partial charge in [-0.1, -0.05) is 23.8 Å². The fourth-order valence-corrected chi connectivity index (χ4v) is 3.44. The zero-order valence-electron chi connectivity index (χ0n) is 19.8. The van der Waals surface area contributed by atoms with Crippen LogP contribution < -0.4 is 9.47 Å². The Kier molecular flexibility index (Phi) is 8.74. The number of carbonyl (C=O) groups excluding carboxylic acids is 1. The minimum absolute atomic E-state index is 0.0233. The fourth-order valence-electron chi connectivity index (χ4n) is 3.44. The predicted octanol–water partition coefficient (Wildman–Crippen LogP) is 5.81. The highest BCUT2D eigenvalue weighted by molar-refractivity contribution is 6.11. The first kappa shape index (κ1) is 25.6. The number of carbonyl (C=O) groups is 1. The topological polar surface area (TPSA) is 96.2 Å². The lowest BCUT2D eigenvalue weighted by molar-refractivity contribution is 0.104. The highest BCUT2D eigenvalue weighted by Gasteiger charge is 2.24. The highest BCUT2D eigenvalue weighted by Crippen LogP contribution is 2.41. The molecule has 0 saturated heterocycles. The lowest BCUT2D eigenvalue weighted by Gasteiger charge is -2.19. The van der Waals surface area contributed by atoms with E-state index in [-0.39, 0.29) is 40.0 Å². The van der Waals surface area contributed by atoms with Crippen LogP contribution in [0, 0.1) is 5.92 Å². The minimum Gasteiger partial charge on any atom is -0.508 e. The van der Waals surface area contributed by atoms with Gasteiger partial charge in [-0.05, 0) is 63.8 Å². The molecule has 3 N–H and O–H groups in total. The van der Waals surface area contributed by atoms with E-state index >= 15 is 0 Å². The summed E-state index contributed by atoms with van der Waals surface area (Å²) in [6, 6.07) is 5.87. The van der Waals surface area contributed by atoms with Crippen molar-refractivity contribution in [3.05, 3.63) is 70.8 Å². The molecule has 0 radical (unpaired) electrons. The molecule has 2 aromatic rings. The average Bonchev–Trinajstić information content (AvgIpc) is 2.76. The fraction of sp³-hybridized carbons (Fsp3) is 0.296. The van der Waals surface area contributed by atoms with Gasteiger partial charge < -0.3 is 24.8 Å². The number of phenolic OH excluding ortho intramolecular Hbond substituents is 3. The molecular weight excluding hydrogens is 420 g/mol. The molecular formula is C27H32O6. The molecule has 6 heteroatoms. The normalized spacial score (nSPS) is 11.8. The van der Waals surface area contributed by atoms with Crippen LogP contribution >= 0.6 is 0 Å². The molecule has 0 amide bonds. The first-order valence-corrected chi connectivity index (χ1v) is 10.6. The molecule has 0 fully saturated rings. The van der Waals surface area contributed by atoms with Gasteiger partial charge in [-0.25, -0.2) is 0 Å². The molecule has 0 heterocycles. The largest absolute Gasteiger partial charge is 0.508 e. The number of ketones is 1. The molecule has 2 rings (SSSR count). The van der Waals surface area contributed by atoms with Crippen molar-refractivity contribution in [3.8, 4) is 28.7 Å². The summed E-state index contributed by atoms with van der Waals surface area (Å²) in [7, 11) is 2.82. The number of rotatable bonds is 10. The zero-order valence-corrected chi connectivity index (χ0v) is 19.8. The van der Waals surface area contributed by atoms with Gasteiger partial charge in [0.25, 0.3) is 0 Å². The molecule has 2 aromatic carbocycles. The molecule has 176 valence electrons. The van der Waals surface area contributed by atoms with Gasteiger partial charge in [0, 0.05) is 23.3 Å². The van der Waals surface area contributed by atoms with Crippen molar-refractivity contribution in [1.82, 2.24) is 0 Å². The summed E-state index contributed by atoms with van der Waals surface area (Å²) >= 11 is 0. The number of aromatic hydroxyl groups is 3. The van der Waals surface area contributed by atoms with Gasteiger partial charge in [0.1, 0.15) is 34.3 Å². The molecule has 1 unspecified atom stereocenters. The van der Waals surface area contributed by atoms with Gasteiger partial charge in [0.15, 0.2) is 5.78 Å². The van der Waals surface area contributed by atoms with Gasteiger partial charge in [-0.2, -0.15) is 0 Å². The Bertz CT molecular complexity index is 1090. The van der Waals surface area contributed by atoms with E-state index in [9.17, 15) is 20.1 Å². The van der Waals surface area contributed by atoms with E-state index in [1.54, 1.807) is 6.07 Å². The number of hydrogen-bond donors (Lipinski definition) is 3. The summed E-state index contributed by atoms with van der Waals surface area (Å²) in [5.41, 5.74) is 2.88. The van der Waals surface area contributed by atoms with Crippen LogP contribution in [0.25, 0.3) is 6.08 Å². The smallest absolute Gasteiger partial charge is 0.193 e. The maximum atomic E-state index is 13.1. The van der Waals surface area contributed by atoms with E-state index in [4.69, 9.17) is 9.47 Å². The summed E-state index contributed by atoms with van der Waals surface area (Å²) in [6.07, 6.45) is 5.91. The average molecular weight is 453 g/mol. The van der Waals surface area contributed by atoms with Crippen LogP contribution in [0.15, 0.2) is 54.1 Å². The number of methoxy groups -OCH3 is 2. The third-order valence-corrected chi connectivity index (χ3v) is 5.40. The van der Waals surface area contributed by atoms with Crippen molar-refractivity contribution in [1.29, 1.82) is 0 Å². The van der Waals surface area contributed by atoms with E-state index in [1.165, 1.54) is 44.6 Å². The molecule has 0 aromatic heterocycles. The maximum absolute atomic E-state index is 13.1. The third-order valence-electron chi connectivity index (χ3n) is 5.40. The van der Waals surface area contributed by atoms with Crippen molar-refractivity contribution in [2.45, 2.75) is 33.6 Å². The summed E-state index contributed by atoms with van der Waals surface area (Å²) in [5, 5.41) is 31.2. The second kappa shape index (κ2) is 11.3. The lowest BCUT2D eigenvalue weighted by atomic mass is 9.88. The van der Waals surface area contributed by atoms with Crippen LogP contribution in [-0.2, 0) is 6.42 Å². The zero-order chi connectivity index (χ0) is 24.7. The highest BCUT2D eigenvalue weighted by atomic mass is 16.5. The molecule has 6 nitrogen and oxygen atoms in total. The van der Waals surface area contributed by atoms with Gasteiger partial charge in [0.2, 0.25) is 0 Å². The lowest BCUT2D eigenvalue weighted by Crippen LogP contribution is -2.08. The Morgan fingerprint density at radius 2 is 1.73 bits per heavy atom. The van der Waals surface area contributed by atoms with Crippen molar-refractivity contribution >= 4 is 11.9 Å². The molecule has 0 aliphatic rings. The van der Waals surface area contributed by atoms with Crippen molar-refractivity contribution in [2.75, 3.05) is 14.2 Å². The van der Waals surface area contributed by atoms with Gasteiger partial charge >= 0.3 is 0 Å². The van der Waals surface area contributed by atoms with Crippen molar-refractivity contribution in [3.63, 3.8) is 0 Å². The van der Waals surface area contributed by atoms with Crippen LogP contribution in [0.3, 0.4) is 0 Å². The second-order valence-corrected chi connectivity index (χ2v) is 8.19. The Morgan fingerprint density at radius 3 is 2.30 bits per heavy atom. The molecule has 0 bridgehead atoms. The SMILES string of the molecule is C=C(C)C(CC=C(C)C)Cc1c(O)cc(OC)c(C(=O)/C=C/c2ccc(O)cc2OC)c1O. The first-order chi connectivity index (χ1) is 15.6. The number of benzene rings is 2. The van der Waals surface area contributed by atoms with Crippen LogP contribution in [0.5, 0.6) is 28.7 Å². The molecule has 0 spiro atoms. The first-order valence-electron chi connectivity index (χ1n) is 10.6. The third kappa shape index (κ3) is 6.42. The second-order valence-electron chi connectivity index (χ2n) is 8.19. The Hall–Kier alpha value is -3.67. The van der Waals surface area contributed by atoms with E-state index in [0.29, 0.717) is 24.2 Å². The summed E-state index contributed by atoms with van der Waals surface area (Å²) in [4.78, 5) is 13.1. The monoisotopic (exact) mass is 452 g/mol. The van der Waals surface area contributed by atoms with E-state index in [0.717, 1.165) is 11.1 Å². The van der Waals surface area contributed by atoms with E-state index in [1.807, 2.05) is 20.8 Å². The molecule has 0 aliphatic carbocycles. The van der Waals surface area contributed by atoms with Crippen LogP contribution in [0.1, 0.15) is 48.7 Å². The van der Waals surface area contributed by atoms with Crippen molar-refractivity contribution in [2.24, 2.45) is 5.92 Å². The van der Waals surface area contributed by atoms with Crippen LogP contribution in [0.4, 0.5) is 0 Å². The molecule has 1 atom stereocenters. The van der Waals surface area contributed by atoms with Crippen molar-refractivity contribution < 1.29 is 29.6 Å². The van der Waals surface area contributed by atoms with E-state index in [2.05, 4.69) is 12.7 Å². The Labute approximate surface area is 195 Å². The van der Waals surface area contributed by atoms with Gasteiger partial charge in [0.05, 0.1) is 14.2 Å². The summed E-state index contributed by atoms with van der Waals surface area (Å²) < 4.78 is 10.5. The van der Waals surface area contributed by atoms with Gasteiger partial charge in [-0.3, -0.25) is 4.79 Å². The molecule has 0 saturated carbocycles. The van der Waals surface area contributed by atoms with E-state index < -0.39 is 5.78 Å². The standard InChI is InChI=1S/C27H32O6/c1-16(2)7-8-19(17(3)4)13-21-23(30)15-25(33-6)26(27(21)31)22(29)12-10-18-9-11-20(28)14-24(18)32-5/h7,9-12,14-15,19,28,30-31H,3,8,13H2,1-2,4-6H3/b12-10+. The Balaban J connectivity index is 2.47. The molecule has 0 aliphatic heterocycles. The number of hydrogen-bond acceptors (Lipinski definition) is 6. The summed E-state index contributed by atoms with van der Waals surface area (Å²) in [5.74, 6) is -0.488. The maximum Gasteiger partial charge on any atom is 0.193 e. The predicted molar refractivity (Wildman–Crippen MR) is 130 cm³/mol. The molecule has 33 heavy (non-hydrogen) atoms. The summed E-state index contributed by atoms with van der Waals surface area (Å²) in [6.45, 7) is 9.95.